The number of carbonyl (C=O) groups is 1. The van der Waals surface area contributed by atoms with Crippen molar-refractivity contribution in [3.8, 4) is 5.75 Å². The van der Waals surface area contributed by atoms with E-state index in [1.165, 1.54) is 12.1 Å². The molecule has 4 rings (SSSR count). The van der Waals surface area contributed by atoms with Gasteiger partial charge >= 0.3 is 0 Å². The van der Waals surface area contributed by atoms with E-state index in [1.807, 2.05) is 35.1 Å². The smallest absolute Gasteiger partial charge is 0.251 e. The second kappa shape index (κ2) is 7.84. The van der Waals surface area contributed by atoms with Crippen molar-refractivity contribution in [2.75, 3.05) is 7.11 Å². The Bertz CT molecular complexity index is 999. The predicted octanol–water partition coefficient (Wildman–Crippen LogP) is 3.89. The molecule has 5 nitrogen and oxygen atoms in total. The van der Waals surface area contributed by atoms with Crippen molar-refractivity contribution in [2.24, 2.45) is 0 Å². The van der Waals surface area contributed by atoms with Gasteiger partial charge in [0.2, 0.25) is 0 Å². The molecule has 0 fully saturated rings. The SMILES string of the molecule is COc1ccccc1Cn1ncc2c1CCC[C@@H]2NC(=O)c1cccc(F)c1. The van der Waals surface area contributed by atoms with E-state index in [2.05, 4.69) is 10.4 Å². The summed E-state index contributed by atoms with van der Waals surface area (Å²) in [6, 6.07) is 13.5. The van der Waals surface area contributed by atoms with Gasteiger partial charge in [-0.05, 0) is 43.5 Å². The number of para-hydroxylation sites is 1. The number of rotatable bonds is 5. The summed E-state index contributed by atoms with van der Waals surface area (Å²) in [6.07, 6.45) is 4.55. The summed E-state index contributed by atoms with van der Waals surface area (Å²) in [7, 11) is 1.66. The van der Waals surface area contributed by atoms with Gasteiger partial charge in [0.15, 0.2) is 0 Å². The maximum absolute atomic E-state index is 13.4. The van der Waals surface area contributed by atoms with Gasteiger partial charge in [0.1, 0.15) is 11.6 Å². The standard InChI is InChI=1S/C22H22FN3O2/c1-28-21-11-3-2-6-16(21)14-26-20-10-5-9-19(18(20)13-24-26)25-22(27)15-7-4-8-17(23)12-15/h2-4,6-8,11-13,19H,5,9-10,14H2,1H3,(H,25,27)/t19-/m0/s1. The third-order valence-electron chi connectivity index (χ3n) is 5.17. The van der Waals surface area contributed by atoms with Crippen LogP contribution >= 0.6 is 0 Å². The number of amides is 1. The minimum Gasteiger partial charge on any atom is -0.496 e. The van der Waals surface area contributed by atoms with Crippen LogP contribution in [0.4, 0.5) is 4.39 Å². The molecule has 28 heavy (non-hydrogen) atoms. The fourth-order valence-corrected chi connectivity index (χ4v) is 3.77. The average Bonchev–Trinajstić information content (AvgIpc) is 3.12. The van der Waals surface area contributed by atoms with Crippen molar-refractivity contribution in [3.05, 3.63) is 82.9 Å². The Labute approximate surface area is 163 Å². The fraction of sp³-hybridized carbons (Fsp3) is 0.273. The second-order valence-corrected chi connectivity index (χ2v) is 6.94. The van der Waals surface area contributed by atoms with Crippen molar-refractivity contribution >= 4 is 5.91 Å². The lowest BCUT2D eigenvalue weighted by molar-refractivity contribution is 0.0932. The Morgan fingerprint density at radius 2 is 2.14 bits per heavy atom. The van der Waals surface area contributed by atoms with Gasteiger partial charge < -0.3 is 10.1 Å². The summed E-state index contributed by atoms with van der Waals surface area (Å²) in [6.45, 7) is 0.615. The highest BCUT2D eigenvalue weighted by molar-refractivity contribution is 5.94. The number of carbonyl (C=O) groups excluding carboxylic acids is 1. The Hall–Kier alpha value is -3.15. The van der Waals surface area contributed by atoms with Crippen molar-refractivity contribution in [1.29, 1.82) is 0 Å². The Morgan fingerprint density at radius 1 is 1.29 bits per heavy atom. The van der Waals surface area contributed by atoms with Crippen LogP contribution in [0.5, 0.6) is 5.75 Å². The molecule has 2 aromatic carbocycles. The third-order valence-corrected chi connectivity index (χ3v) is 5.17. The average molecular weight is 379 g/mol. The molecule has 1 heterocycles. The lowest BCUT2D eigenvalue weighted by atomic mass is 9.92. The zero-order chi connectivity index (χ0) is 19.5. The van der Waals surface area contributed by atoms with Crippen LogP contribution < -0.4 is 10.1 Å². The maximum atomic E-state index is 13.4. The summed E-state index contributed by atoms with van der Waals surface area (Å²) in [4.78, 5) is 12.5. The van der Waals surface area contributed by atoms with E-state index in [0.717, 1.165) is 41.8 Å². The summed E-state index contributed by atoms with van der Waals surface area (Å²) >= 11 is 0. The Balaban J connectivity index is 1.55. The molecule has 0 unspecified atom stereocenters. The number of hydrogen-bond acceptors (Lipinski definition) is 3. The molecule has 1 aliphatic carbocycles. The molecule has 0 bridgehead atoms. The quantitative estimate of drug-likeness (QED) is 0.732. The molecule has 1 atom stereocenters. The normalized spacial score (nSPS) is 15.7. The second-order valence-electron chi connectivity index (χ2n) is 6.94. The minimum atomic E-state index is -0.415. The molecule has 1 N–H and O–H groups in total. The van der Waals surface area contributed by atoms with E-state index in [4.69, 9.17) is 4.74 Å². The highest BCUT2D eigenvalue weighted by atomic mass is 19.1. The summed E-state index contributed by atoms with van der Waals surface area (Å²) < 4.78 is 20.8. The molecular formula is C22H22FN3O2. The summed E-state index contributed by atoms with van der Waals surface area (Å²) in [5.74, 6) is 0.148. The molecule has 0 saturated heterocycles. The largest absolute Gasteiger partial charge is 0.496 e. The molecule has 144 valence electrons. The van der Waals surface area contributed by atoms with E-state index in [0.29, 0.717) is 12.1 Å². The van der Waals surface area contributed by atoms with Gasteiger partial charge in [-0.2, -0.15) is 5.10 Å². The van der Waals surface area contributed by atoms with Crippen LogP contribution in [-0.2, 0) is 13.0 Å². The van der Waals surface area contributed by atoms with Gasteiger partial charge in [-0.25, -0.2) is 4.39 Å². The number of hydrogen-bond donors (Lipinski definition) is 1. The van der Waals surface area contributed by atoms with E-state index in [-0.39, 0.29) is 11.9 Å². The van der Waals surface area contributed by atoms with Gasteiger partial charge in [0, 0.05) is 22.4 Å². The van der Waals surface area contributed by atoms with Crippen LogP contribution in [0, 0.1) is 5.82 Å². The molecule has 0 radical (unpaired) electrons. The number of benzene rings is 2. The zero-order valence-electron chi connectivity index (χ0n) is 15.7. The highest BCUT2D eigenvalue weighted by Gasteiger charge is 2.26. The molecule has 1 aliphatic rings. The van der Waals surface area contributed by atoms with E-state index >= 15 is 0 Å². The van der Waals surface area contributed by atoms with Gasteiger partial charge in [-0.3, -0.25) is 9.48 Å². The van der Waals surface area contributed by atoms with Crippen LogP contribution in [0.15, 0.2) is 54.7 Å². The predicted molar refractivity (Wildman–Crippen MR) is 104 cm³/mol. The van der Waals surface area contributed by atoms with Crippen molar-refractivity contribution in [3.63, 3.8) is 0 Å². The molecule has 0 spiro atoms. The van der Waals surface area contributed by atoms with Crippen LogP contribution in [0.1, 0.15) is 46.1 Å². The number of methoxy groups -OCH3 is 1. The van der Waals surface area contributed by atoms with Gasteiger partial charge in [0.05, 0.1) is 25.9 Å². The number of nitrogens with one attached hydrogen (secondary N) is 1. The highest BCUT2D eigenvalue weighted by Crippen LogP contribution is 2.31. The van der Waals surface area contributed by atoms with Crippen LogP contribution in [0.2, 0.25) is 0 Å². The molecule has 1 amide bonds. The molecule has 3 aromatic rings. The fourth-order valence-electron chi connectivity index (χ4n) is 3.77. The Kier molecular flexibility index (Phi) is 5.10. The number of ether oxygens (including phenoxy) is 1. The molecule has 1 aromatic heterocycles. The Morgan fingerprint density at radius 3 is 2.96 bits per heavy atom. The van der Waals surface area contributed by atoms with Crippen LogP contribution in [0.3, 0.4) is 0 Å². The van der Waals surface area contributed by atoms with E-state index in [1.54, 1.807) is 19.2 Å². The van der Waals surface area contributed by atoms with Crippen molar-refractivity contribution < 1.29 is 13.9 Å². The van der Waals surface area contributed by atoms with Gasteiger partial charge in [-0.15, -0.1) is 0 Å². The summed E-state index contributed by atoms with van der Waals surface area (Å²) in [5.41, 5.74) is 3.54. The molecule has 0 aliphatic heterocycles. The van der Waals surface area contributed by atoms with Crippen molar-refractivity contribution in [2.45, 2.75) is 31.8 Å². The van der Waals surface area contributed by atoms with Gasteiger partial charge in [-0.1, -0.05) is 24.3 Å². The first-order chi connectivity index (χ1) is 13.7. The molecule has 6 heteroatoms. The minimum absolute atomic E-state index is 0.120. The topological polar surface area (TPSA) is 56.1 Å². The maximum Gasteiger partial charge on any atom is 0.251 e. The number of aromatic nitrogens is 2. The number of halogens is 1. The zero-order valence-corrected chi connectivity index (χ0v) is 15.7. The first-order valence-corrected chi connectivity index (χ1v) is 9.38. The first kappa shape index (κ1) is 18.2. The lowest BCUT2D eigenvalue weighted by Crippen LogP contribution is -2.31. The third kappa shape index (κ3) is 3.63. The summed E-state index contributed by atoms with van der Waals surface area (Å²) in [5, 5.41) is 7.60. The first-order valence-electron chi connectivity index (χ1n) is 9.38. The van der Waals surface area contributed by atoms with Crippen molar-refractivity contribution in [1.82, 2.24) is 15.1 Å². The van der Waals surface area contributed by atoms with Crippen LogP contribution in [-0.4, -0.2) is 22.8 Å². The van der Waals surface area contributed by atoms with E-state index < -0.39 is 5.82 Å². The van der Waals surface area contributed by atoms with Gasteiger partial charge in [0.25, 0.3) is 5.91 Å². The molecule has 0 saturated carbocycles. The van der Waals surface area contributed by atoms with Crippen LogP contribution in [0.25, 0.3) is 0 Å². The van der Waals surface area contributed by atoms with E-state index in [9.17, 15) is 9.18 Å². The lowest BCUT2D eigenvalue weighted by Gasteiger charge is -2.24. The number of fused-ring (bicyclic) bond motifs is 1. The monoisotopic (exact) mass is 379 g/mol. The molecular weight excluding hydrogens is 357 g/mol. The number of nitrogens with zero attached hydrogens (tertiary/aromatic N) is 2.